The topological polar surface area (TPSA) is 41.0 Å². The molecule has 1 aliphatic rings. The minimum absolute atomic E-state index is 0.173. The first-order valence-electron chi connectivity index (χ1n) is 7.57. The van der Waals surface area contributed by atoms with Crippen molar-refractivity contribution in [3.05, 3.63) is 28.5 Å². The normalized spacial score (nSPS) is 17.1. The van der Waals surface area contributed by atoms with Crippen molar-refractivity contribution in [2.75, 3.05) is 13.1 Å². The molecule has 0 bridgehead atoms. The lowest BCUT2D eigenvalue weighted by Gasteiger charge is -2.29. The molecule has 2 heterocycles. The van der Waals surface area contributed by atoms with Gasteiger partial charge in [-0.1, -0.05) is 6.07 Å². The standard InChI is InChI=1S/C16H21N3OS/c1-11-6-7-14-13(10-11)17-16(21)19(14)12(2)15(20)18-8-4-3-5-9-18/h6-7,10,12H,3-5,8-9H2,1-2H3,(H,17,21). The summed E-state index contributed by atoms with van der Waals surface area (Å²) in [5.74, 6) is 0.173. The van der Waals surface area contributed by atoms with Crippen molar-refractivity contribution < 1.29 is 4.79 Å². The van der Waals surface area contributed by atoms with E-state index in [1.54, 1.807) is 0 Å². The Hall–Kier alpha value is -1.62. The second kappa shape index (κ2) is 5.64. The zero-order valence-electron chi connectivity index (χ0n) is 12.6. The first-order valence-corrected chi connectivity index (χ1v) is 7.98. The minimum atomic E-state index is -0.257. The average molecular weight is 303 g/mol. The number of nitrogens with zero attached hydrogens (tertiary/aromatic N) is 2. The Morgan fingerprint density at radius 2 is 2.00 bits per heavy atom. The predicted octanol–water partition coefficient (Wildman–Crippen LogP) is 3.58. The number of benzene rings is 1. The molecule has 1 atom stereocenters. The molecule has 1 unspecified atom stereocenters. The molecule has 5 heteroatoms. The quantitative estimate of drug-likeness (QED) is 0.862. The van der Waals surface area contributed by atoms with Gasteiger partial charge in [0.2, 0.25) is 5.91 Å². The molecule has 4 nitrogen and oxygen atoms in total. The third-order valence-electron chi connectivity index (χ3n) is 4.28. The molecule has 0 aliphatic carbocycles. The molecule has 1 fully saturated rings. The van der Waals surface area contributed by atoms with Crippen molar-refractivity contribution in [1.82, 2.24) is 14.5 Å². The Balaban J connectivity index is 1.97. The summed E-state index contributed by atoms with van der Waals surface area (Å²) in [5.41, 5.74) is 3.18. The molecule has 1 saturated heterocycles. The SMILES string of the molecule is Cc1ccc2c(c1)[nH]c(=S)n2C(C)C(=O)N1CCCCC1. The summed E-state index contributed by atoms with van der Waals surface area (Å²) >= 11 is 5.43. The van der Waals surface area contributed by atoms with E-state index >= 15 is 0 Å². The lowest BCUT2D eigenvalue weighted by Crippen LogP contribution is -2.39. The summed E-state index contributed by atoms with van der Waals surface area (Å²) in [5, 5.41) is 0. The monoisotopic (exact) mass is 303 g/mol. The molecule has 1 amide bonds. The van der Waals surface area contributed by atoms with Crippen molar-refractivity contribution in [3.63, 3.8) is 0 Å². The summed E-state index contributed by atoms with van der Waals surface area (Å²) in [6.45, 7) is 5.74. The van der Waals surface area contributed by atoms with Crippen LogP contribution in [0.25, 0.3) is 11.0 Å². The highest BCUT2D eigenvalue weighted by Gasteiger charge is 2.25. The molecule has 1 aliphatic heterocycles. The average Bonchev–Trinajstić information content (AvgIpc) is 2.81. The van der Waals surface area contributed by atoms with Gasteiger partial charge in [-0.05, 0) is 63.0 Å². The van der Waals surface area contributed by atoms with Gasteiger partial charge >= 0.3 is 0 Å². The van der Waals surface area contributed by atoms with E-state index in [1.165, 1.54) is 12.0 Å². The van der Waals surface area contributed by atoms with Gasteiger partial charge in [0.05, 0.1) is 11.0 Å². The van der Waals surface area contributed by atoms with Crippen molar-refractivity contribution in [2.45, 2.75) is 39.2 Å². The maximum atomic E-state index is 12.7. The maximum Gasteiger partial charge on any atom is 0.245 e. The Morgan fingerprint density at radius 3 is 2.71 bits per heavy atom. The highest BCUT2D eigenvalue weighted by molar-refractivity contribution is 7.71. The van der Waals surface area contributed by atoms with Crippen LogP contribution in [-0.4, -0.2) is 33.4 Å². The zero-order chi connectivity index (χ0) is 15.0. The fourth-order valence-electron chi connectivity index (χ4n) is 3.12. The highest BCUT2D eigenvalue weighted by Crippen LogP contribution is 2.23. The molecule has 2 aromatic rings. The van der Waals surface area contributed by atoms with Gasteiger partial charge in [-0.3, -0.25) is 4.79 Å². The fraction of sp³-hybridized carbons (Fsp3) is 0.500. The molecule has 1 aromatic carbocycles. The van der Waals surface area contributed by atoms with Gasteiger partial charge in [0.25, 0.3) is 0 Å². The lowest BCUT2D eigenvalue weighted by atomic mass is 10.1. The molecular weight excluding hydrogens is 282 g/mol. The molecular formula is C16H21N3OS. The van der Waals surface area contributed by atoms with Crippen LogP contribution in [0.1, 0.15) is 37.8 Å². The number of hydrogen-bond donors (Lipinski definition) is 1. The summed E-state index contributed by atoms with van der Waals surface area (Å²) in [4.78, 5) is 17.9. The first kappa shape index (κ1) is 14.3. The van der Waals surface area contributed by atoms with Gasteiger partial charge in [0.1, 0.15) is 6.04 Å². The van der Waals surface area contributed by atoms with E-state index in [2.05, 4.69) is 24.0 Å². The van der Waals surface area contributed by atoms with E-state index in [0.29, 0.717) is 4.77 Å². The van der Waals surface area contributed by atoms with Crippen LogP contribution in [0.15, 0.2) is 18.2 Å². The van der Waals surface area contributed by atoms with Crippen LogP contribution in [0.2, 0.25) is 0 Å². The number of carbonyl (C=O) groups is 1. The summed E-state index contributed by atoms with van der Waals surface area (Å²) in [7, 11) is 0. The number of amides is 1. The Bertz CT molecular complexity index is 725. The van der Waals surface area contributed by atoms with E-state index in [-0.39, 0.29) is 11.9 Å². The van der Waals surface area contributed by atoms with Crippen LogP contribution in [0.4, 0.5) is 0 Å². The number of H-pyrrole nitrogens is 1. The molecule has 112 valence electrons. The van der Waals surface area contributed by atoms with Crippen LogP contribution in [0.3, 0.4) is 0 Å². The summed E-state index contributed by atoms with van der Waals surface area (Å²) in [6, 6.07) is 5.91. The number of carbonyl (C=O) groups excluding carboxylic acids is 1. The van der Waals surface area contributed by atoms with Gasteiger partial charge in [-0.15, -0.1) is 0 Å². The number of fused-ring (bicyclic) bond motifs is 1. The predicted molar refractivity (Wildman–Crippen MR) is 87.0 cm³/mol. The first-order chi connectivity index (χ1) is 10.1. The van der Waals surface area contributed by atoms with Crippen LogP contribution < -0.4 is 0 Å². The van der Waals surface area contributed by atoms with E-state index < -0.39 is 0 Å². The summed E-state index contributed by atoms with van der Waals surface area (Å²) in [6.07, 6.45) is 3.44. The van der Waals surface area contributed by atoms with Crippen LogP contribution >= 0.6 is 12.2 Å². The van der Waals surface area contributed by atoms with Crippen molar-refractivity contribution in [3.8, 4) is 0 Å². The molecule has 0 saturated carbocycles. The van der Waals surface area contributed by atoms with E-state index in [1.807, 2.05) is 22.5 Å². The lowest BCUT2D eigenvalue weighted by molar-refractivity contribution is -0.135. The number of imidazole rings is 1. The Kier molecular flexibility index (Phi) is 3.85. The minimum Gasteiger partial charge on any atom is -0.341 e. The number of piperidine rings is 1. The number of aryl methyl sites for hydroxylation is 1. The number of likely N-dealkylation sites (tertiary alicyclic amines) is 1. The molecule has 1 N–H and O–H groups in total. The maximum absolute atomic E-state index is 12.7. The second-order valence-electron chi connectivity index (χ2n) is 5.88. The molecule has 0 radical (unpaired) electrons. The summed E-state index contributed by atoms with van der Waals surface area (Å²) < 4.78 is 2.56. The number of hydrogen-bond acceptors (Lipinski definition) is 2. The smallest absolute Gasteiger partial charge is 0.245 e. The van der Waals surface area contributed by atoms with Crippen molar-refractivity contribution in [1.29, 1.82) is 0 Å². The van der Waals surface area contributed by atoms with Gasteiger partial charge in [-0.2, -0.15) is 0 Å². The van der Waals surface area contributed by atoms with E-state index in [4.69, 9.17) is 12.2 Å². The van der Waals surface area contributed by atoms with Crippen molar-refractivity contribution >= 4 is 29.2 Å². The molecule has 3 rings (SSSR count). The number of rotatable bonds is 2. The Morgan fingerprint density at radius 1 is 1.29 bits per heavy atom. The van der Waals surface area contributed by atoms with E-state index in [9.17, 15) is 4.79 Å². The second-order valence-corrected chi connectivity index (χ2v) is 6.27. The van der Waals surface area contributed by atoms with Crippen molar-refractivity contribution in [2.24, 2.45) is 0 Å². The molecule has 1 aromatic heterocycles. The molecule has 21 heavy (non-hydrogen) atoms. The number of nitrogens with one attached hydrogen (secondary N) is 1. The van der Waals surface area contributed by atoms with E-state index in [0.717, 1.165) is 37.0 Å². The van der Waals surface area contributed by atoms with Gasteiger partial charge in [0.15, 0.2) is 4.77 Å². The molecule has 0 spiro atoms. The van der Waals surface area contributed by atoms with Gasteiger partial charge < -0.3 is 14.5 Å². The fourth-order valence-corrected chi connectivity index (χ4v) is 3.48. The number of aromatic nitrogens is 2. The Labute approximate surface area is 129 Å². The van der Waals surface area contributed by atoms with Gasteiger partial charge in [0, 0.05) is 13.1 Å². The third-order valence-corrected chi connectivity index (χ3v) is 4.58. The van der Waals surface area contributed by atoms with Crippen LogP contribution in [-0.2, 0) is 4.79 Å². The highest BCUT2D eigenvalue weighted by atomic mass is 32.1. The third kappa shape index (κ3) is 2.62. The van der Waals surface area contributed by atoms with Crippen LogP contribution in [0.5, 0.6) is 0 Å². The number of aromatic amines is 1. The largest absolute Gasteiger partial charge is 0.341 e. The zero-order valence-corrected chi connectivity index (χ0v) is 13.4. The van der Waals surface area contributed by atoms with Crippen LogP contribution in [0, 0.1) is 11.7 Å². The van der Waals surface area contributed by atoms with Gasteiger partial charge in [-0.25, -0.2) is 0 Å².